The van der Waals surface area contributed by atoms with Gasteiger partial charge in [0.1, 0.15) is 5.82 Å². The van der Waals surface area contributed by atoms with Gasteiger partial charge in [-0.1, -0.05) is 25.5 Å². The highest BCUT2D eigenvalue weighted by Gasteiger charge is 2.17. The minimum absolute atomic E-state index is 0.00985. The standard InChI is InChI=1S/C20H27N3O/c1-5-7-13-22(4)19-15-17(11-12-21-19)20(24)23(6-2)18-10-8-9-16(3)14-18/h8-12,14-15H,5-7,13H2,1-4H3. The molecule has 0 aliphatic carbocycles. The number of aromatic nitrogens is 1. The van der Waals surface area contributed by atoms with E-state index in [1.165, 1.54) is 0 Å². The lowest BCUT2D eigenvalue weighted by Crippen LogP contribution is -2.31. The highest BCUT2D eigenvalue weighted by atomic mass is 16.2. The van der Waals surface area contributed by atoms with Crippen LogP contribution in [0.1, 0.15) is 42.6 Å². The number of benzene rings is 1. The van der Waals surface area contributed by atoms with E-state index in [-0.39, 0.29) is 5.91 Å². The molecule has 128 valence electrons. The fourth-order valence-corrected chi connectivity index (χ4v) is 2.67. The number of amides is 1. The second-order valence-corrected chi connectivity index (χ2v) is 6.07. The Labute approximate surface area is 145 Å². The first-order chi connectivity index (χ1) is 11.6. The Hall–Kier alpha value is -2.36. The molecule has 0 unspecified atom stereocenters. The van der Waals surface area contributed by atoms with E-state index < -0.39 is 0 Å². The first-order valence-electron chi connectivity index (χ1n) is 8.62. The Bertz CT molecular complexity index is 684. The topological polar surface area (TPSA) is 36.4 Å². The van der Waals surface area contributed by atoms with Crippen LogP contribution in [0.4, 0.5) is 11.5 Å². The van der Waals surface area contributed by atoms with Crippen LogP contribution in [0.5, 0.6) is 0 Å². The molecule has 2 rings (SSSR count). The van der Waals surface area contributed by atoms with Crippen molar-refractivity contribution in [3.63, 3.8) is 0 Å². The molecular formula is C20H27N3O. The van der Waals surface area contributed by atoms with Crippen molar-refractivity contribution in [3.05, 3.63) is 53.7 Å². The smallest absolute Gasteiger partial charge is 0.258 e. The van der Waals surface area contributed by atoms with E-state index in [1.54, 1.807) is 17.2 Å². The van der Waals surface area contributed by atoms with E-state index in [4.69, 9.17) is 0 Å². The van der Waals surface area contributed by atoms with Crippen molar-refractivity contribution in [1.29, 1.82) is 0 Å². The Balaban J connectivity index is 2.24. The number of nitrogens with zero attached hydrogens (tertiary/aromatic N) is 3. The molecule has 2 aromatic rings. The fourth-order valence-electron chi connectivity index (χ4n) is 2.67. The third-order valence-corrected chi connectivity index (χ3v) is 4.11. The predicted molar refractivity (Wildman–Crippen MR) is 101 cm³/mol. The van der Waals surface area contributed by atoms with Crippen LogP contribution in [0.25, 0.3) is 0 Å². The molecule has 4 heteroatoms. The molecule has 0 aliphatic heterocycles. The van der Waals surface area contributed by atoms with Crippen LogP contribution in [-0.2, 0) is 0 Å². The van der Waals surface area contributed by atoms with Crippen LogP contribution in [0.15, 0.2) is 42.6 Å². The van der Waals surface area contributed by atoms with Crippen LogP contribution in [0.3, 0.4) is 0 Å². The first-order valence-corrected chi connectivity index (χ1v) is 8.62. The highest BCUT2D eigenvalue weighted by molar-refractivity contribution is 6.06. The Kier molecular flexibility index (Phi) is 6.36. The first kappa shape index (κ1) is 18.0. The van der Waals surface area contributed by atoms with Crippen LogP contribution in [-0.4, -0.2) is 31.0 Å². The quantitative estimate of drug-likeness (QED) is 0.762. The average molecular weight is 325 g/mol. The lowest BCUT2D eigenvalue weighted by atomic mass is 10.1. The highest BCUT2D eigenvalue weighted by Crippen LogP contribution is 2.20. The van der Waals surface area contributed by atoms with Crippen LogP contribution in [0, 0.1) is 6.92 Å². The molecule has 0 radical (unpaired) electrons. The SMILES string of the molecule is CCCCN(C)c1cc(C(=O)N(CC)c2cccc(C)c2)ccn1. The minimum atomic E-state index is 0.00985. The van der Waals surface area contributed by atoms with Crippen molar-refractivity contribution in [2.75, 3.05) is 29.9 Å². The lowest BCUT2D eigenvalue weighted by Gasteiger charge is -2.23. The van der Waals surface area contributed by atoms with Gasteiger partial charge in [-0.2, -0.15) is 0 Å². The van der Waals surface area contributed by atoms with E-state index in [1.807, 2.05) is 51.2 Å². The van der Waals surface area contributed by atoms with Crippen molar-refractivity contribution in [1.82, 2.24) is 4.98 Å². The van der Waals surface area contributed by atoms with Gasteiger partial charge in [-0.25, -0.2) is 4.98 Å². The number of hydrogen-bond acceptors (Lipinski definition) is 3. The molecule has 0 bridgehead atoms. The summed E-state index contributed by atoms with van der Waals surface area (Å²) in [5.74, 6) is 0.852. The summed E-state index contributed by atoms with van der Waals surface area (Å²) in [5, 5.41) is 0. The number of rotatable bonds is 7. The number of carbonyl (C=O) groups excluding carboxylic acids is 1. The van der Waals surface area contributed by atoms with Crippen LogP contribution >= 0.6 is 0 Å². The number of unbranched alkanes of at least 4 members (excludes halogenated alkanes) is 1. The molecule has 0 atom stereocenters. The third-order valence-electron chi connectivity index (χ3n) is 4.11. The van der Waals surface area contributed by atoms with Gasteiger partial charge in [0.15, 0.2) is 0 Å². The molecule has 1 aromatic carbocycles. The van der Waals surface area contributed by atoms with E-state index in [2.05, 4.69) is 16.8 Å². The lowest BCUT2D eigenvalue weighted by molar-refractivity contribution is 0.0988. The van der Waals surface area contributed by atoms with Crippen molar-refractivity contribution in [3.8, 4) is 0 Å². The minimum Gasteiger partial charge on any atom is -0.360 e. The number of pyridine rings is 1. The zero-order valence-electron chi connectivity index (χ0n) is 15.1. The molecule has 0 spiro atoms. The van der Waals surface area contributed by atoms with Gasteiger partial charge < -0.3 is 9.80 Å². The van der Waals surface area contributed by atoms with Gasteiger partial charge in [0.05, 0.1) is 0 Å². The molecule has 0 saturated carbocycles. The second-order valence-electron chi connectivity index (χ2n) is 6.07. The molecule has 0 N–H and O–H groups in total. The van der Waals surface area contributed by atoms with Gasteiger partial charge in [-0.15, -0.1) is 0 Å². The predicted octanol–water partition coefficient (Wildman–Crippen LogP) is 4.29. The summed E-state index contributed by atoms with van der Waals surface area (Å²) < 4.78 is 0. The van der Waals surface area contributed by atoms with Gasteiger partial charge in [-0.05, 0) is 50.1 Å². The van der Waals surface area contributed by atoms with E-state index in [0.717, 1.165) is 36.5 Å². The number of aryl methyl sites for hydroxylation is 1. The third kappa shape index (κ3) is 4.34. The van der Waals surface area contributed by atoms with Crippen LogP contribution in [0.2, 0.25) is 0 Å². The summed E-state index contributed by atoms with van der Waals surface area (Å²) in [4.78, 5) is 21.3. The second kappa shape index (κ2) is 8.48. The van der Waals surface area contributed by atoms with Crippen molar-refractivity contribution in [2.24, 2.45) is 0 Å². The summed E-state index contributed by atoms with van der Waals surface area (Å²) in [5.41, 5.74) is 2.75. The molecule has 4 nitrogen and oxygen atoms in total. The summed E-state index contributed by atoms with van der Waals surface area (Å²) >= 11 is 0. The molecule has 0 saturated heterocycles. The van der Waals surface area contributed by atoms with Crippen molar-refractivity contribution in [2.45, 2.75) is 33.6 Å². The summed E-state index contributed by atoms with van der Waals surface area (Å²) in [6.45, 7) is 7.77. The van der Waals surface area contributed by atoms with Crippen molar-refractivity contribution < 1.29 is 4.79 Å². The zero-order chi connectivity index (χ0) is 17.5. The van der Waals surface area contributed by atoms with Crippen molar-refractivity contribution >= 4 is 17.4 Å². The normalized spacial score (nSPS) is 10.5. The monoisotopic (exact) mass is 325 g/mol. The van der Waals surface area contributed by atoms with E-state index in [0.29, 0.717) is 12.1 Å². The molecule has 0 aliphatic rings. The number of anilines is 2. The molecule has 1 aromatic heterocycles. The van der Waals surface area contributed by atoms with Gasteiger partial charge in [0.25, 0.3) is 5.91 Å². The van der Waals surface area contributed by atoms with Gasteiger partial charge in [-0.3, -0.25) is 4.79 Å². The Morgan fingerprint density at radius 2 is 1.96 bits per heavy atom. The molecule has 1 amide bonds. The Morgan fingerprint density at radius 1 is 1.17 bits per heavy atom. The summed E-state index contributed by atoms with van der Waals surface area (Å²) in [7, 11) is 2.02. The number of hydrogen-bond donors (Lipinski definition) is 0. The summed E-state index contributed by atoms with van der Waals surface area (Å²) in [6, 6.07) is 11.7. The van der Waals surface area contributed by atoms with Crippen LogP contribution < -0.4 is 9.80 Å². The zero-order valence-corrected chi connectivity index (χ0v) is 15.1. The molecule has 24 heavy (non-hydrogen) atoms. The van der Waals surface area contributed by atoms with Gasteiger partial charge in [0, 0.05) is 37.6 Å². The molecular weight excluding hydrogens is 298 g/mol. The fraction of sp³-hybridized carbons (Fsp3) is 0.400. The van der Waals surface area contributed by atoms with E-state index >= 15 is 0 Å². The Morgan fingerprint density at radius 3 is 2.62 bits per heavy atom. The van der Waals surface area contributed by atoms with E-state index in [9.17, 15) is 4.79 Å². The van der Waals surface area contributed by atoms with Gasteiger partial charge >= 0.3 is 0 Å². The maximum Gasteiger partial charge on any atom is 0.258 e. The molecule has 0 fully saturated rings. The number of carbonyl (C=O) groups is 1. The largest absolute Gasteiger partial charge is 0.360 e. The molecule has 1 heterocycles. The van der Waals surface area contributed by atoms with Gasteiger partial charge in [0.2, 0.25) is 0 Å². The maximum atomic E-state index is 13.0. The maximum absolute atomic E-state index is 13.0. The average Bonchev–Trinajstić information content (AvgIpc) is 2.60. The summed E-state index contributed by atoms with van der Waals surface area (Å²) in [6.07, 6.45) is 3.97.